The summed E-state index contributed by atoms with van der Waals surface area (Å²) in [4.78, 5) is 13.5. The summed E-state index contributed by atoms with van der Waals surface area (Å²) in [5.74, 6) is 1.51. The Bertz CT molecular complexity index is 990. The number of nitrogens with zero attached hydrogens (tertiary/aromatic N) is 4. The third kappa shape index (κ3) is 2.59. The van der Waals surface area contributed by atoms with E-state index in [1.165, 1.54) is 0 Å². The highest BCUT2D eigenvalue weighted by Gasteiger charge is 2.14. The molecule has 3 heterocycles. The molecule has 0 radical (unpaired) electrons. The molecule has 0 aliphatic heterocycles. The van der Waals surface area contributed by atoms with Gasteiger partial charge in [0.05, 0.1) is 12.8 Å². The van der Waals surface area contributed by atoms with Crippen molar-refractivity contribution in [2.75, 3.05) is 12.4 Å². The topological polar surface area (TPSA) is 64.3 Å². The minimum absolute atomic E-state index is 0.683. The van der Waals surface area contributed by atoms with Gasteiger partial charge in [-0.25, -0.2) is 15.0 Å². The highest BCUT2D eigenvalue weighted by molar-refractivity contribution is 7.14. The molecule has 0 aliphatic carbocycles. The highest BCUT2D eigenvalue weighted by atomic mass is 32.1. The predicted molar refractivity (Wildman–Crippen MR) is 95.1 cm³/mol. The molecular weight excluding hydrogens is 322 g/mol. The van der Waals surface area contributed by atoms with Crippen molar-refractivity contribution in [2.45, 2.75) is 6.92 Å². The van der Waals surface area contributed by atoms with E-state index in [4.69, 9.17) is 4.74 Å². The number of hydrogen-bond donors (Lipinski definition) is 1. The lowest BCUT2D eigenvalue weighted by Gasteiger charge is -2.03. The van der Waals surface area contributed by atoms with E-state index in [0.717, 1.165) is 33.7 Å². The lowest BCUT2D eigenvalue weighted by atomic mass is 10.3. The summed E-state index contributed by atoms with van der Waals surface area (Å²) in [5, 5.41) is 6.12. The summed E-state index contributed by atoms with van der Waals surface area (Å²) in [6.45, 7) is 2.02. The van der Waals surface area contributed by atoms with Gasteiger partial charge in [-0.15, -0.1) is 11.3 Å². The fraction of sp³-hybridized carbons (Fsp3) is 0.118. The van der Waals surface area contributed by atoms with Gasteiger partial charge in [-0.05, 0) is 37.3 Å². The van der Waals surface area contributed by atoms with Crippen molar-refractivity contribution in [3.63, 3.8) is 0 Å². The van der Waals surface area contributed by atoms with Gasteiger partial charge in [0.25, 0.3) is 0 Å². The number of methoxy groups -OCH3 is 1. The Balaban J connectivity index is 1.62. The first kappa shape index (κ1) is 14.6. The number of aryl methyl sites for hydroxylation is 1. The zero-order valence-corrected chi connectivity index (χ0v) is 14.0. The first-order valence-electron chi connectivity index (χ1n) is 7.41. The first-order valence-corrected chi connectivity index (χ1v) is 8.29. The second-order valence-corrected chi connectivity index (χ2v) is 6.09. The van der Waals surface area contributed by atoms with Crippen molar-refractivity contribution < 1.29 is 4.74 Å². The van der Waals surface area contributed by atoms with Gasteiger partial charge in [0.2, 0.25) is 5.78 Å². The number of fused-ring (bicyclic) bond motifs is 1. The van der Waals surface area contributed by atoms with Gasteiger partial charge in [-0.1, -0.05) is 0 Å². The van der Waals surface area contributed by atoms with Crippen molar-refractivity contribution in [1.82, 2.24) is 19.4 Å². The average molecular weight is 337 g/mol. The summed E-state index contributed by atoms with van der Waals surface area (Å²) in [5.41, 5.74) is 3.69. The van der Waals surface area contributed by atoms with Gasteiger partial charge in [-0.2, -0.15) is 0 Å². The van der Waals surface area contributed by atoms with E-state index in [1.807, 2.05) is 53.2 Å². The van der Waals surface area contributed by atoms with Crippen LogP contribution in [-0.4, -0.2) is 26.5 Å². The molecule has 7 heteroatoms. The molecule has 3 aromatic heterocycles. The van der Waals surface area contributed by atoms with E-state index in [1.54, 1.807) is 24.6 Å². The molecule has 0 unspecified atom stereocenters. The van der Waals surface area contributed by atoms with Crippen LogP contribution in [0.2, 0.25) is 0 Å². The molecule has 0 saturated carbocycles. The van der Waals surface area contributed by atoms with Crippen molar-refractivity contribution >= 4 is 27.9 Å². The first-order chi connectivity index (χ1) is 11.7. The fourth-order valence-electron chi connectivity index (χ4n) is 2.48. The van der Waals surface area contributed by atoms with Crippen LogP contribution in [0.25, 0.3) is 17.2 Å². The summed E-state index contributed by atoms with van der Waals surface area (Å²) >= 11 is 1.54. The zero-order chi connectivity index (χ0) is 16.5. The number of hydrogen-bond acceptors (Lipinski definition) is 6. The predicted octanol–water partition coefficient (Wildman–Crippen LogP) is 3.91. The summed E-state index contributed by atoms with van der Waals surface area (Å²) < 4.78 is 7.13. The molecule has 120 valence electrons. The Kier molecular flexibility index (Phi) is 3.62. The SMILES string of the molecule is COc1ccc(Nc2nc(-c3nc4ncccn4c3C)cs2)cc1. The monoisotopic (exact) mass is 337 g/mol. The van der Waals surface area contributed by atoms with Crippen molar-refractivity contribution in [3.05, 3.63) is 53.8 Å². The molecule has 0 spiro atoms. The van der Waals surface area contributed by atoms with Crippen LogP contribution in [0.1, 0.15) is 5.69 Å². The molecule has 4 rings (SSSR count). The molecule has 0 atom stereocenters. The van der Waals surface area contributed by atoms with Crippen LogP contribution in [0.3, 0.4) is 0 Å². The van der Waals surface area contributed by atoms with Crippen LogP contribution >= 0.6 is 11.3 Å². The van der Waals surface area contributed by atoms with E-state index < -0.39 is 0 Å². The number of rotatable bonds is 4. The van der Waals surface area contributed by atoms with E-state index in [0.29, 0.717) is 5.78 Å². The third-order valence-corrected chi connectivity index (χ3v) is 4.49. The van der Waals surface area contributed by atoms with Crippen LogP contribution in [0.5, 0.6) is 5.75 Å². The quantitative estimate of drug-likeness (QED) is 0.611. The number of nitrogens with one attached hydrogen (secondary N) is 1. The molecule has 0 aliphatic rings. The third-order valence-electron chi connectivity index (χ3n) is 3.73. The van der Waals surface area contributed by atoms with Gasteiger partial charge < -0.3 is 10.1 Å². The maximum atomic E-state index is 5.17. The minimum Gasteiger partial charge on any atom is -0.497 e. The number of imidazole rings is 1. The number of ether oxygens (including phenoxy) is 1. The molecule has 6 nitrogen and oxygen atoms in total. The van der Waals surface area contributed by atoms with Crippen LogP contribution in [0.15, 0.2) is 48.1 Å². The molecule has 24 heavy (non-hydrogen) atoms. The maximum Gasteiger partial charge on any atom is 0.234 e. The van der Waals surface area contributed by atoms with Crippen molar-refractivity contribution in [1.29, 1.82) is 0 Å². The Morgan fingerprint density at radius 2 is 2.00 bits per heavy atom. The second-order valence-electron chi connectivity index (χ2n) is 5.23. The number of thiazole rings is 1. The summed E-state index contributed by atoms with van der Waals surface area (Å²) in [6, 6.07) is 9.63. The molecule has 4 aromatic rings. The van der Waals surface area contributed by atoms with Crippen LogP contribution in [0.4, 0.5) is 10.8 Å². The molecule has 1 aromatic carbocycles. The molecule has 0 fully saturated rings. The lowest BCUT2D eigenvalue weighted by molar-refractivity contribution is 0.415. The van der Waals surface area contributed by atoms with E-state index >= 15 is 0 Å². The standard InChI is InChI=1S/C17H15N5OS/c1-11-15(21-16-18-8-3-9-22(11)16)14-10-24-17(20-14)19-12-4-6-13(23-2)7-5-12/h3-10H,1-2H3,(H,19,20). The zero-order valence-electron chi connectivity index (χ0n) is 13.2. The van der Waals surface area contributed by atoms with Gasteiger partial charge in [0.1, 0.15) is 17.1 Å². The lowest BCUT2D eigenvalue weighted by Crippen LogP contribution is -1.91. The smallest absolute Gasteiger partial charge is 0.234 e. The van der Waals surface area contributed by atoms with Crippen LogP contribution < -0.4 is 10.1 Å². The Morgan fingerprint density at radius 3 is 2.75 bits per heavy atom. The molecule has 0 bridgehead atoms. The van der Waals surface area contributed by atoms with Gasteiger partial charge in [0.15, 0.2) is 5.13 Å². The molecule has 0 saturated heterocycles. The van der Waals surface area contributed by atoms with Crippen LogP contribution in [-0.2, 0) is 0 Å². The number of anilines is 2. The van der Waals surface area contributed by atoms with E-state index in [2.05, 4.69) is 20.3 Å². The van der Waals surface area contributed by atoms with Gasteiger partial charge in [0, 0.05) is 23.5 Å². The van der Waals surface area contributed by atoms with E-state index in [-0.39, 0.29) is 0 Å². The Morgan fingerprint density at radius 1 is 1.17 bits per heavy atom. The fourth-order valence-corrected chi connectivity index (χ4v) is 3.20. The Labute approximate surface area is 142 Å². The largest absolute Gasteiger partial charge is 0.497 e. The average Bonchev–Trinajstić information content (AvgIpc) is 3.21. The van der Waals surface area contributed by atoms with Crippen molar-refractivity contribution in [2.24, 2.45) is 0 Å². The van der Waals surface area contributed by atoms with Gasteiger partial charge in [-0.3, -0.25) is 4.40 Å². The number of aromatic nitrogens is 4. The molecular formula is C17H15N5OS. The van der Waals surface area contributed by atoms with E-state index in [9.17, 15) is 0 Å². The summed E-state index contributed by atoms with van der Waals surface area (Å²) in [6.07, 6.45) is 3.69. The van der Waals surface area contributed by atoms with Gasteiger partial charge >= 0.3 is 0 Å². The molecule has 1 N–H and O–H groups in total. The minimum atomic E-state index is 0.683. The summed E-state index contributed by atoms with van der Waals surface area (Å²) in [7, 11) is 1.65. The second kappa shape index (κ2) is 5.93. The Hall–Kier alpha value is -2.93. The number of benzene rings is 1. The van der Waals surface area contributed by atoms with Crippen molar-refractivity contribution in [3.8, 4) is 17.1 Å². The highest BCUT2D eigenvalue weighted by Crippen LogP contribution is 2.29. The maximum absolute atomic E-state index is 5.17. The normalized spacial score (nSPS) is 10.9. The molecule has 0 amide bonds. The van der Waals surface area contributed by atoms with Crippen LogP contribution in [0, 0.1) is 6.92 Å².